The summed E-state index contributed by atoms with van der Waals surface area (Å²) in [6.45, 7) is 6.87. The number of benzene rings is 1. The number of rotatable bonds is 5. The van der Waals surface area contributed by atoms with Crippen molar-refractivity contribution >= 4 is 11.8 Å². The zero-order valence-corrected chi connectivity index (χ0v) is 12.2. The van der Waals surface area contributed by atoms with Crippen LogP contribution in [0.1, 0.15) is 31.2 Å². The molecule has 4 heteroatoms. The Balaban J connectivity index is 2.31. The topological polar surface area (TPSA) is 25.2 Å². The average molecular weight is 279 g/mol. The Hall–Kier alpha value is -1.26. The SMILES string of the molecule is CCNC(C)c1cc(F)ccc1Sc1ccoc1C. The van der Waals surface area contributed by atoms with Crippen molar-refractivity contribution in [2.75, 3.05) is 6.54 Å². The van der Waals surface area contributed by atoms with Gasteiger partial charge < -0.3 is 9.73 Å². The van der Waals surface area contributed by atoms with Crippen LogP contribution >= 0.6 is 11.8 Å². The summed E-state index contributed by atoms with van der Waals surface area (Å²) in [5.41, 5.74) is 0.979. The molecule has 1 heterocycles. The van der Waals surface area contributed by atoms with E-state index in [4.69, 9.17) is 4.42 Å². The van der Waals surface area contributed by atoms with E-state index in [0.717, 1.165) is 27.7 Å². The zero-order chi connectivity index (χ0) is 13.8. The van der Waals surface area contributed by atoms with Crippen molar-refractivity contribution in [2.24, 2.45) is 0 Å². The minimum atomic E-state index is -0.201. The molecular weight excluding hydrogens is 261 g/mol. The fraction of sp³-hybridized carbons (Fsp3) is 0.333. The monoisotopic (exact) mass is 279 g/mol. The van der Waals surface area contributed by atoms with E-state index in [2.05, 4.69) is 5.32 Å². The molecule has 0 saturated heterocycles. The first-order valence-electron chi connectivity index (χ1n) is 6.36. The first-order chi connectivity index (χ1) is 9.11. The lowest BCUT2D eigenvalue weighted by atomic mass is 10.1. The molecular formula is C15H18FNOS. The molecule has 1 unspecified atom stereocenters. The van der Waals surface area contributed by atoms with Crippen molar-refractivity contribution in [1.82, 2.24) is 5.32 Å². The Morgan fingerprint density at radius 1 is 1.32 bits per heavy atom. The van der Waals surface area contributed by atoms with E-state index in [1.54, 1.807) is 24.1 Å². The Bertz CT molecular complexity index is 553. The van der Waals surface area contributed by atoms with Crippen LogP contribution in [0.5, 0.6) is 0 Å². The maximum Gasteiger partial charge on any atom is 0.123 e. The molecule has 2 rings (SSSR count). The van der Waals surface area contributed by atoms with Crippen LogP contribution in [-0.4, -0.2) is 6.54 Å². The minimum absolute atomic E-state index is 0.121. The molecule has 0 aliphatic heterocycles. The molecule has 0 bridgehead atoms. The van der Waals surface area contributed by atoms with Crippen LogP contribution in [0, 0.1) is 12.7 Å². The summed E-state index contributed by atoms with van der Waals surface area (Å²) in [5, 5.41) is 3.32. The maximum absolute atomic E-state index is 13.5. The molecule has 0 aliphatic carbocycles. The smallest absolute Gasteiger partial charge is 0.123 e. The number of halogens is 1. The average Bonchev–Trinajstić information content (AvgIpc) is 2.77. The van der Waals surface area contributed by atoms with Gasteiger partial charge in [-0.1, -0.05) is 18.7 Å². The zero-order valence-electron chi connectivity index (χ0n) is 11.4. The van der Waals surface area contributed by atoms with E-state index < -0.39 is 0 Å². The van der Waals surface area contributed by atoms with Gasteiger partial charge in [-0.2, -0.15) is 0 Å². The van der Waals surface area contributed by atoms with Crippen molar-refractivity contribution in [1.29, 1.82) is 0 Å². The number of hydrogen-bond acceptors (Lipinski definition) is 3. The fourth-order valence-corrected chi connectivity index (χ4v) is 3.01. The van der Waals surface area contributed by atoms with Gasteiger partial charge in [0.25, 0.3) is 0 Å². The molecule has 0 aliphatic rings. The molecule has 1 atom stereocenters. The van der Waals surface area contributed by atoms with Gasteiger partial charge in [0, 0.05) is 10.9 Å². The van der Waals surface area contributed by atoms with Gasteiger partial charge >= 0.3 is 0 Å². The Labute approximate surface area is 117 Å². The van der Waals surface area contributed by atoms with E-state index in [1.807, 2.05) is 32.9 Å². The second-order valence-electron chi connectivity index (χ2n) is 4.40. The summed E-state index contributed by atoms with van der Waals surface area (Å²) in [4.78, 5) is 2.12. The number of hydrogen-bond donors (Lipinski definition) is 1. The van der Waals surface area contributed by atoms with Gasteiger partial charge in [0.1, 0.15) is 11.6 Å². The standard InChI is InChI=1S/C15H18FNOS/c1-4-17-10(2)13-9-12(16)5-6-15(13)19-14-7-8-18-11(14)3/h5-10,17H,4H2,1-3H3. The van der Waals surface area contributed by atoms with Gasteiger partial charge in [0.15, 0.2) is 0 Å². The molecule has 102 valence electrons. The third-order valence-corrected chi connectivity index (χ3v) is 4.21. The van der Waals surface area contributed by atoms with E-state index in [-0.39, 0.29) is 11.9 Å². The molecule has 0 fully saturated rings. The first kappa shape index (κ1) is 14.2. The molecule has 0 amide bonds. The van der Waals surface area contributed by atoms with Crippen molar-refractivity contribution in [3.05, 3.63) is 47.7 Å². The molecule has 0 radical (unpaired) electrons. The molecule has 1 N–H and O–H groups in total. The van der Waals surface area contributed by atoms with Crippen LogP contribution in [0.2, 0.25) is 0 Å². The van der Waals surface area contributed by atoms with Gasteiger partial charge in [-0.25, -0.2) is 4.39 Å². The van der Waals surface area contributed by atoms with E-state index in [9.17, 15) is 4.39 Å². The van der Waals surface area contributed by atoms with E-state index in [1.165, 1.54) is 6.07 Å². The van der Waals surface area contributed by atoms with Gasteiger partial charge in [-0.15, -0.1) is 0 Å². The summed E-state index contributed by atoms with van der Waals surface area (Å²) in [6, 6.07) is 6.99. The predicted octanol–water partition coefficient (Wildman–Crippen LogP) is 4.55. The lowest BCUT2D eigenvalue weighted by Crippen LogP contribution is -2.18. The van der Waals surface area contributed by atoms with Crippen LogP contribution in [-0.2, 0) is 0 Å². The molecule has 1 aromatic heterocycles. The molecule has 0 saturated carbocycles. The number of furan rings is 1. The molecule has 2 aromatic rings. The summed E-state index contributed by atoms with van der Waals surface area (Å²) >= 11 is 1.61. The largest absolute Gasteiger partial charge is 0.468 e. The van der Waals surface area contributed by atoms with E-state index >= 15 is 0 Å². The summed E-state index contributed by atoms with van der Waals surface area (Å²) in [6.07, 6.45) is 1.68. The highest BCUT2D eigenvalue weighted by molar-refractivity contribution is 7.99. The normalized spacial score (nSPS) is 12.6. The third kappa shape index (κ3) is 3.39. The van der Waals surface area contributed by atoms with Crippen LogP contribution in [0.4, 0.5) is 4.39 Å². The van der Waals surface area contributed by atoms with Crippen molar-refractivity contribution < 1.29 is 8.81 Å². The Kier molecular flexibility index (Phi) is 4.66. The van der Waals surface area contributed by atoms with Gasteiger partial charge in [-0.3, -0.25) is 0 Å². The number of aryl methyl sites for hydroxylation is 1. The molecule has 1 aromatic carbocycles. The van der Waals surface area contributed by atoms with Crippen LogP contribution in [0.15, 0.2) is 44.7 Å². The lowest BCUT2D eigenvalue weighted by Gasteiger charge is -2.16. The van der Waals surface area contributed by atoms with Crippen molar-refractivity contribution in [3.63, 3.8) is 0 Å². The lowest BCUT2D eigenvalue weighted by molar-refractivity contribution is 0.527. The molecule has 0 spiro atoms. The second-order valence-corrected chi connectivity index (χ2v) is 5.49. The van der Waals surface area contributed by atoms with Crippen molar-refractivity contribution in [2.45, 2.75) is 36.6 Å². The Morgan fingerprint density at radius 2 is 2.11 bits per heavy atom. The summed E-state index contributed by atoms with van der Waals surface area (Å²) in [5.74, 6) is 0.685. The maximum atomic E-state index is 13.5. The van der Waals surface area contributed by atoms with Crippen LogP contribution in [0.3, 0.4) is 0 Å². The highest BCUT2D eigenvalue weighted by atomic mass is 32.2. The highest BCUT2D eigenvalue weighted by Crippen LogP contribution is 2.35. The molecule has 2 nitrogen and oxygen atoms in total. The van der Waals surface area contributed by atoms with Crippen LogP contribution < -0.4 is 5.32 Å². The number of nitrogens with one attached hydrogen (secondary N) is 1. The second kappa shape index (κ2) is 6.26. The summed E-state index contributed by atoms with van der Waals surface area (Å²) in [7, 11) is 0. The van der Waals surface area contributed by atoms with Crippen molar-refractivity contribution in [3.8, 4) is 0 Å². The fourth-order valence-electron chi connectivity index (χ4n) is 1.96. The summed E-state index contributed by atoms with van der Waals surface area (Å²) < 4.78 is 18.7. The first-order valence-corrected chi connectivity index (χ1v) is 7.18. The minimum Gasteiger partial charge on any atom is -0.468 e. The van der Waals surface area contributed by atoms with Gasteiger partial charge in [-0.05, 0) is 50.2 Å². The highest BCUT2D eigenvalue weighted by Gasteiger charge is 2.13. The Morgan fingerprint density at radius 3 is 2.74 bits per heavy atom. The van der Waals surface area contributed by atoms with Gasteiger partial charge in [0.2, 0.25) is 0 Å². The van der Waals surface area contributed by atoms with Crippen LogP contribution in [0.25, 0.3) is 0 Å². The predicted molar refractivity (Wildman–Crippen MR) is 76.1 cm³/mol. The van der Waals surface area contributed by atoms with Gasteiger partial charge in [0.05, 0.1) is 11.2 Å². The third-order valence-electron chi connectivity index (χ3n) is 2.98. The quantitative estimate of drug-likeness (QED) is 0.869. The van der Waals surface area contributed by atoms with E-state index in [0.29, 0.717) is 0 Å². The molecule has 19 heavy (non-hydrogen) atoms.